The predicted molar refractivity (Wildman–Crippen MR) is 115 cm³/mol. The molecule has 2 aromatic carbocycles. The topological polar surface area (TPSA) is 83.6 Å². The summed E-state index contributed by atoms with van der Waals surface area (Å²) in [6, 6.07) is 14.1. The van der Waals surface area contributed by atoms with Crippen LogP contribution in [0.15, 0.2) is 64.2 Å². The molecule has 6 nitrogen and oxygen atoms in total. The number of anilines is 1. The second kappa shape index (κ2) is 8.10. The summed E-state index contributed by atoms with van der Waals surface area (Å²) in [5, 5.41) is 1.72. The van der Waals surface area contributed by atoms with Crippen molar-refractivity contribution in [2.75, 3.05) is 11.3 Å². The van der Waals surface area contributed by atoms with E-state index in [1.54, 1.807) is 41.8 Å². The van der Waals surface area contributed by atoms with Crippen molar-refractivity contribution < 1.29 is 21.2 Å². The molecular weight excluding hydrogens is 447 g/mol. The van der Waals surface area contributed by atoms with Gasteiger partial charge in [-0.3, -0.25) is 4.72 Å². The first-order chi connectivity index (χ1) is 14.2. The molecule has 1 aromatic heterocycles. The fourth-order valence-corrected chi connectivity index (χ4v) is 7.14. The number of thiophene rings is 1. The van der Waals surface area contributed by atoms with E-state index in [-0.39, 0.29) is 16.3 Å². The van der Waals surface area contributed by atoms with Gasteiger partial charge >= 0.3 is 0 Å². The van der Waals surface area contributed by atoms with Crippen molar-refractivity contribution in [1.29, 1.82) is 0 Å². The average molecular weight is 467 g/mol. The van der Waals surface area contributed by atoms with Gasteiger partial charge in [-0.15, -0.1) is 11.3 Å². The van der Waals surface area contributed by atoms with E-state index in [1.807, 2.05) is 0 Å². The van der Waals surface area contributed by atoms with Crippen molar-refractivity contribution in [3.63, 3.8) is 0 Å². The van der Waals surface area contributed by atoms with Gasteiger partial charge in [-0.25, -0.2) is 21.2 Å². The molecule has 0 bridgehead atoms. The molecule has 158 valence electrons. The Morgan fingerprint density at radius 1 is 1.00 bits per heavy atom. The first-order valence-corrected chi connectivity index (χ1v) is 13.1. The second-order valence-electron chi connectivity index (χ2n) is 6.96. The monoisotopic (exact) mass is 466 g/mol. The molecule has 0 amide bonds. The van der Waals surface area contributed by atoms with E-state index in [0.29, 0.717) is 18.7 Å². The Morgan fingerprint density at radius 3 is 2.53 bits per heavy atom. The molecule has 0 aliphatic carbocycles. The van der Waals surface area contributed by atoms with Gasteiger partial charge in [-0.05, 0) is 47.2 Å². The Balaban J connectivity index is 1.54. The largest absolute Gasteiger partial charge is 0.283 e. The summed E-state index contributed by atoms with van der Waals surface area (Å²) in [4.78, 5) is 0. The lowest BCUT2D eigenvalue weighted by Gasteiger charge is -2.28. The van der Waals surface area contributed by atoms with Crippen LogP contribution in [0.4, 0.5) is 10.1 Å². The molecular formula is C20H19FN2O4S3. The van der Waals surface area contributed by atoms with Crippen LogP contribution in [0.25, 0.3) is 0 Å². The Labute approximate surface area is 179 Å². The molecule has 0 saturated heterocycles. The van der Waals surface area contributed by atoms with Crippen molar-refractivity contribution in [2.45, 2.75) is 22.9 Å². The first kappa shape index (κ1) is 21.0. The van der Waals surface area contributed by atoms with Gasteiger partial charge in [0, 0.05) is 24.3 Å². The van der Waals surface area contributed by atoms with Gasteiger partial charge in [-0.2, -0.15) is 4.31 Å². The number of nitrogens with one attached hydrogen (secondary N) is 1. The van der Waals surface area contributed by atoms with Gasteiger partial charge in [0.25, 0.3) is 10.0 Å². The lowest BCUT2D eigenvalue weighted by molar-refractivity contribution is 0.392. The zero-order chi connectivity index (χ0) is 21.4. The number of nitrogens with zero attached hydrogens (tertiary/aromatic N) is 1. The normalized spacial score (nSPS) is 15.0. The molecule has 0 spiro atoms. The highest BCUT2D eigenvalue weighted by Gasteiger charge is 2.29. The van der Waals surface area contributed by atoms with Crippen molar-refractivity contribution in [3.8, 4) is 0 Å². The molecule has 0 unspecified atom stereocenters. The van der Waals surface area contributed by atoms with E-state index in [1.165, 1.54) is 33.8 Å². The number of hydrogen-bond acceptors (Lipinski definition) is 5. The van der Waals surface area contributed by atoms with Gasteiger partial charge in [0.2, 0.25) is 10.0 Å². The fourth-order valence-electron chi connectivity index (χ4n) is 3.37. The first-order valence-electron chi connectivity index (χ1n) is 9.14. The molecule has 10 heteroatoms. The maximum atomic E-state index is 13.8. The molecule has 0 fully saturated rings. The van der Waals surface area contributed by atoms with Gasteiger partial charge in [0.15, 0.2) is 0 Å². The maximum Gasteiger partial charge on any atom is 0.252 e. The number of rotatable bonds is 6. The third kappa shape index (κ3) is 4.41. The molecule has 0 atom stereocenters. The number of fused-ring (bicyclic) bond motifs is 1. The molecule has 1 N–H and O–H groups in total. The van der Waals surface area contributed by atoms with Crippen LogP contribution < -0.4 is 4.72 Å². The van der Waals surface area contributed by atoms with Crippen molar-refractivity contribution in [3.05, 3.63) is 82.5 Å². The van der Waals surface area contributed by atoms with E-state index in [9.17, 15) is 21.2 Å². The molecule has 0 saturated carbocycles. The lowest BCUT2D eigenvalue weighted by Crippen LogP contribution is -2.35. The summed E-state index contributed by atoms with van der Waals surface area (Å²) in [6.45, 7) is 0.532. The standard InChI is InChI=1S/C20H19FN2O4S3/c21-19-5-2-1-4-16(19)14-29(24,25)22-18-8-7-15-9-10-23(13-17(15)12-18)30(26,27)20-6-3-11-28-20/h1-8,11-12,22H,9-10,13-14H2. The zero-order valence-electron chi connectivity index (χ0n) is 15.8. The summed E-state index contributed by atoms with van der Waals surface area (Å²) in [5.74, 6) is -1.07. The fraction of sp³-hybridized carbons (Fsp3) is 0.200. The summed E-state index contributed by atoms with van der Waals surface area (Å²) in [6.07, 6.45) is 0.544. The van der Waals surface area contributed by atoms with Crippen molar-refractivity contribution in [1.82, 2.24) is 4.31 Å². The highest BCUT2D eigenvalue weighted by molar-refractivity contribution is 7.92. The molecule has 4 rings (SSSR count). The third-order valence-corrected chi connectivity index (χ3v) is 9.31. The molecule has 0 radical (unpaired) electrons. The number of sulfonamides is 2. The van der Waals surface area contributed by atoms with Crippen LogP contribution in [0.5, 0.6) is 0 Å². The maximum absolute atomic E-state index is 13.8. The Morgan fingerprint density at radius 2 is 1.80 bits per heavy atom. The van der Waals surface area contributed by atoms with Gasteiger partial charge in [-0.1, -0.05) is 30.3 Å². The van der Waals surface area contributed by atoms with Gasteiger partial charge in [0.05, 0.1) is 5.75 Å². The minimum atomic E-state index is -3.83. The smallest absolute Gasteiger partial charge is 0.252 e. The van der Waals surface area contributed by atoms with Crippen LogP contribution in [-0.4, -0.2) is 27.7 Å². The van der Waals surface area contributed by atoms with Crippen LogP contribution in [0.2, 0.25) is 0 Å². The predicted octanol–water partition coefficient (Wildman–Crippen LogP) is 3.58. The Hall–Kier alpha value is -2.27. The summed E-state index contributed by atoms with van der Waals surface area (Å²) in [7, 11) is -7.42. The lowest BCUT2D eigenvalue weighted by atomic mass is 10.0. The van der Waals surface area contributed by atoms with Crippen molar-refractivity contribution >= 4 is 37.1 Å². The summed E-state index contributed by atoms with van der Waals surface area (Å²) >= 11 is 1.17. The Kier molecular flexibility index (Phi) is 5.67. The van der Waals surface area contributed by atoms with Gasteiger partial charge in [0.1, 0.15) is 10.0 Å². The summed E-state index contributed by atoms with van der Waals surface area (Å²) in [5.41, 5.74) is 2.12. The summed E-state index contributed by atoms with van der Waals surface area (Å²) < 4.78 is 68.5. The number of benzene rings is 2. The minimum Gasteiger partial charge on any atom is -0.283 e. The van der Waals surface area contributed by atoms with Crippen LogP contribution in [0, 0.1) is 5.82 Å². The van der Waals surface area contributed by atoms with Crippen LogP contribution >= 0.6 is 11.3 Å². The molecule has 1 aliphatic rings. The van der Waals surface area contributed by atoms with Crippen LogP contribution in [0.3, 0.4) is 0 Å². The second-order valence-corrected chi connectivity index (χ2v) is 11.8. The third-order valence-electron chi connectivity index (χ3n) is 4.85. The van der Waals surface area contributed by atoms with E-state index in [0.717, 1.165) is 11.1 Å². The highest BCUT2D eigenvalue weighted by Crippen LogP contribution is 2.29. The van der Waals surface area contributed by atoms with Gasteiger partial charge < -0.3 is 0 Å². The molecule has 2 heterocycles. The van der Waals surface area contributed by atoms with E-state index < -0.39 is 31.6 Å². The van der Waals surface area contributed by atoms with E-state index in [2.05, 4.69) is 4.72 Å². The SMILES string of the molecule is O=S(=O)(Cc1ccccc1F)Nc1ccc2c(c1)CN(S(=O)(=O)c1cccs1)CC2. The van der Waals surface area contributed by atoms with Crippen LogP contribution in [0.1, 0.15) is 16.7 Å². The van der Waals surface area contributed by atoms with E-state index in [4.69, 9.17) is 0 Å². The molecule has 3 aromatic rings. The number of halogens is 1. The van der Waals surface area contributed by atoms with E-state index >= 15 is 0 Å². The molecule has 1 aliphatic heterocycles. The zero-order valence-corrected chi connectivity index (χ0v) is 18.2. The van der Waals surface area contributed by atoms with Crippen LogP contribution in [-0.2, 0) is 38.8 Å². The highest BCUT2D eigenvalue weighted by atomic mass is 32.2. The average Bonchev–Trinajstić information content (AvgIpc) is 3.24. The quantitative estimate of drug-likeness (QED) is 0.602. The molecule has 30 heavy (non-hydrogen) atoms. The van der Waals surface area contributed by atoms with Crippen molar-refractivity contribution in [2.24, 2.45) is 0 Å². The number of hydrogen-bond donors (Lipinski definition) is 1. The minimum absolute atomic E-state index is 0.0798. The Bertz CT molecular complexity index is 1270.